The highest BCUT2D eigenvalue weighted by Crippen LogP contribution is 2.16. The SMILES string of the molecule is CCOC(=O)C(=O)NCCCn1ccnc1-c1ccccc1. The van der Waals surface area contributed by atoms with E-state index in [4.69, 9.17) is 0 Å². The molecule has 0 fully saturated rings. The van der Waals surface area contributed by atoms with E-state index in [1.807, 2.05) is 41.1 Å². The first-order chi connectivity index (χ1) is 10.7. The summed E-state index contributed by atoms with van der Waals surface area (Å²) in [5.41, 5.74) is 1.04. The number of ether oxygens (including phenoxy) is 1. The smallest absolute Gasteiger partial charge is 0.396 e. The van der Waals surface area contributed by atoms with E-state index in [0.717, 1.165) is 11.4 Å². The Labute approximate surface area is 129 Å². The molecule has 0 atom stereocenters. The normalized spacial score (nSPS) is 10.2. The van der Waals surface area contributed by atoms with Gasteiger partial charge in [-0.3, -0.25) is 4.79 Å². The van der Waals surface area contributed by atoms with Crippen LogP contribution in [-0.2, 0) is 20.9 Å². The van der Waals surface area contributed by atoms with Gasteiger partial charge in [-0.05, 0) is 13.3 Å². The minimum Gasteiger partial charge on any atom is -0.459 e. The van der Waals surface area contributed by atoms with Gasteiger partial charge in [0.05, 0.1) is 6.61 Å². The van der Waals surface area contributed by atoms with Crippen molar-refractivity contribution in [2.75, 3.05) is 13.2 Å². The largest absolute Gasteiger partial charge is 0.459 e. The van der Waals surface area contributed by atoms with Gasteiger partial charge in [0.1, 0.15) is 5.82 Å². The standard InChI is InChI=1S/C16H19N3O3/c1-2-22-16(21)15(20)18-9-6-11-19-12-10-17-14(19)13-7-4-3-5-8-13/h3-5,7-8,10,12H,2,6,9,11H2,1H3,(H,18,20). The third-order valence-electron chi connectivity index (χ3n) is 3.07. The summed E-state index contributed by atoms with van der Waals surface area (Å²) in [5.74, 6) is -0.650. The van der Waals surface area contributed by atoms with Crippen LogP contribution in [0.25, 0.3) is 11.4 Å². The molecule has 116 valence electrons. The number of nitrogens with one attached hydrogen (secondary N) is 1. The minimum atomic E-state index is -0.838. The summed E-state index contributed by atoms with van der Waals surface area (Å²) in [6.45, 7) is 2.97. The number of rotatable bonds is 6. The van der Waals surface area contributed by atoms with E-state index in [1.165, 1.54) is 0 Å². The molecule has 6 nitrogen and oxygen atoms in total. The fraction of sp³-hybridized carbons (Fsp3) is 0.312. The monoisotopic (exact) mass is 301 g/mol. The van der Waals surface area contributed by atoms with Gasteiger partial charge in [0.15, 0.2) is 0 Å². The van der Waals surface area contributed by atoms with Crippen molar-refractivity contribution in [3.8, 4) is 11.4 Å². The van der Waals surface area contributed by atoms with E-state index in [1.54, 1.807) is 13.1 Å². The summed E-state index contributed by atoms with van der Waals surface area (Å²) in [4.78, 5) is 26.9. The molecule has 0 bridgehead atoms. The number of carbonyl (C=O) groups is 2. The summed E-state index contributed by atoms with van der Waals surface area (Å²) in [6.07, 6.45) is 4.34. The molecule has 22 heavy (non-hydrogen) atoms. The number of hydrogen-bond donors (Lipinski definition) is 1. The van der Waals surface area contributed by atoms with Gasteiger partial charge in [0.25, 0.3) is 0 Å². The van der Waals surface area contributed by atoms with Crippen molar-refractivity contribution in [3.63, 3.8) is 0 Å². The van der Waals surface area contributed by atoms with Crippen LogP contribution in [0.5, 0.6) is 0 Å². The molecule has 2 rings (SSSR count). The lowest BCUT2D eigenvalue weighted by Gasteiger charge is -2.08. The predicted octanol–water partition coefficient (Wildman–Crippen LogP) is 1.62. The summed E-state index contributed by atoms with van der Waals surface area (Å²) < 4.78 is 6.64. The zero-order valence-corrected chi connectivity index (χ0v) is 12.5. The Bertz CT molecular complexity index is 623. The molecule has 0 aliphatic carbocycles. The maximum absolute atomic E-state index is 11.4. The molecule has 2 aromatic rings. The molecule has 1 amide bonds. The zero-order chi connectivity index (χ0) is 15.8. The second-order valence-electron chi connectivity index (χ2n) is 4.64. The molecular weight excluding hydrogens is 282 g/mol. The fourth-order valence-corrected chi connectivity index (χ4v) is 2.06. The van der Waals surface area contributed by atoms with E-state index in [-0.39, 0.29) is 6.61 Å². The summed E-state index contributed by atoms with van der Waals surface area (Å²) in [7, 11) is 0. The lowest BCUT2D eigenvalue weighted by atomic mass is 10.2. The third-order valence-corrected chi connectivity index (χ3v) is 3.07. The van der Waals surface area contributed by atoms with Crippen LogP contribution in [-0.4, -0.2) is 34.6 Å². The van der Waals surface area contributed by atoms with Gasteiger partial charge in [-0.2, -0.15) is 0 Å². The topological polar surface area (TPSA) is 73.2 Å². The van der Waals surface area contributed by atoms with Crippen molar-refractivity contribution >= 4 is 11.9 Å². The average Bonchev–Trinajstić information content (AvgIpc) is 3.01. The molecule has 1 N–H and O–H groups in total. The Morgan fingerprint density at radius 2 is 2.05 bits per heavy atom. The molecule has 0 unspecified atom stereocenters. The van der Waals surface area contributed by atoms with Crippen molar-refractivity contribution in [2.45, 2.75) is 19.9 Å². The molecule has 6 heteroatoms. The second-order valence-corrected chi connectivity index (χ2v) is 4.64. The van der Waals surface area contributed by atoms with Crippen molar-refractivity contribution in [2.24, 2.45) is 0 Å². The summed E-state index contributed by atoms with van der Waals surface area (Å²) in [6, 6.07) is 9.90. The second kappa shape index (κ2) is 7.97. The highest BCUT2D eigenvalue weighted by Gasteiger charge is 2.13. The number of nitrogens with zero attached hydrogens (tertiary/aromatic N) is 2. The number of aryl methyl sites for hydroxylation is 1. The Morgan fingerprint density at radius 3 is 2.77 bits per heavy atom. The number of imidazole rings is 1. The van der Waals surface area contributed by atoms with Crippen LogP contribution in [0.3, 0.4) is 0 Å². The van der Waals surface area contributed by atoms with Crippen molar-refractivity contribution in [1.82, 2.24) is 14.9 Å². The van der Waals surface area contributed by atoms with E-state index in [9.17, 15) is 9.59 Å². The number of carbonyl (C=O) groups excluding carboxylic acids is 2. The Kier molecular flexibility index (Phi) is 5.71. The van der Waals surface area contributed by atoms with Gasteiger partial charge in [0, 0.05) is 31.0 Å². The third kappa shape index (κ3) is 4.18. The van der Waals surface area contributed by atoms with Gasteiger partial charge in [-0.25, -0.2) is 9.78 Å². The highest BCUT2D eigenvalue weighted by molar-refractivity contribution is 6.32. The fourth-order valence-electron chi connectivity index (χ4n) is 2.06. The first-order valence-corrected chi connectivity index (χ1v) is 7.24. The van der Waals surface area contributed by atoms with Crippen LogP contribution in [0.4, 0.5) is 0 Å². The number of amides is 1. The van der Waals surface area contributed by atoms with Gasteiger partial charge in [-0.1, -0.05) is 30.3 Å². The van der Waals surface area contributed by atoms with Crippen LogP contribution in [0.1, 0.15) is 13.3 Å². The molecule has 0 radical (unpaired) electrons. The first-order valence-electron chi connectivity index (χ1n) is 7.24. The lowest BCUT2D eigenvalue weighted by Crippen LogP contribution is -2.33. The number of aromatic nitrogens is 2. The van der Waals surface area contributed by atoms with Crippen molar-refractivity contribution in [1.29, 1.82) is 0 Å². The molecule has 0 aliphatic rings. The van der Waals surface area contributed by atoms with E-state index >= 15 is 0 Å². The predicted molar refractivity (Wildman–Crippen MR) is 81.9 cm³/mol. The van der Waals surface area contributed by atoms with Crippen LogP contribution < -0.4 is 5.32 Å². The molecular formula is C16H19N3O3. The van der Waals surface area contributed by atoms with Crippen LogP contribution in [0.2, 0.25) is 0 Å². The van der Waals surface area contributed by atoms with Crippen LogP contribution >= 0.6 is 0 Å². The van der Waals surface area contributed by atoms with Gasteiger partial charge in [-0.15, -0.1) is 0 Å². The van der Waals surface area contributed by atoms with Crippen molar-refractivity contribution < 1.29 is 14.3 Å². The summed E-state index contributed by atoms with van der Waals surface area (Å²) in [5, 5.41) is 2.54. The van der Waals surface area contributed by atoms with Gasteiger partial charge >= 0.3 is 11.9 Å². The molecule has 0 saturated heterocycles. The van der Waals surface area contributed by atoms with Gasteiger partial charge in [0.2, 0.25) is 0 Å². The Morgan fingerprint density at radius 1 is 1.27 bits per heavy atom. The lowest BCUT2D eigenvalue weighted by molar-refractivity contribution is -0.154. The number of benzene rings is 1. The van der Waals surface area contributed by atoms with E-state index in [2.05, 4.69) is 15.0 Å². The number of esters is 1. The van der Waals surface area contributed by atoms with Crippen LogP contribution in [0.15, 0.2) is 42.7 Å². The molecule has 1 aromatic heterocycles. The molecule has 1 heterocycles. The average molecular weight is 301 g/mol. The first kappa shape index (κ1) is 15.8. The Hall–Kier alpha value is -2.63. The van der Waals surface area contributed by atoms with Crippen LogP contribution in [0, 0.1) is 0 Å². The van der Waals surface area contributed by atoms with Gasteiger partial charge < -0.3 is 14.6 Å². The van der Waals surface area contributed by atoms with E-state index in [0.29, 0.717) is 19.5 Å². The molecule has 0 saturated carbocycles. The minimum absolute atomic E-state index is 0.196. The Balaban J connectivity index is 1.83. The molecule has 1 aromatic carbocycles. The quantitative estimate of drug-likeness (QED) is 0.500. The maximum atomic E-state index is 11.4. The van der Waals surface area contributed by atoms with E-state index < -0.39 is 11.9 Å². The highest BCUT2D eigenvalue weighted by atomic mass is 16.5. The van der Waals surface area contributed by atoms with Crippen molar-refractivity contribution in [3.05, 3.63) is 42.7 Å². The maximum Gasteiger partial charge on any atom is 0.396 e. The summed E-state index contributed by atoms with van der Waals surface area (Å²) >= 11 is 0. The molecule has 0 spiro atoms. The number of hydrogen-bond acceptors (Lipinski definition) is 4. The molecule has 0 aliphatic heterocycles. The zero-order valence-electron chi connectivity index (χ0n) is 12.5.